The van der Waals surface area contributed by atoms with E-state index in [1.54, 1.807) is 52.0 Å². The van der Waals surface area contributed by atoms with E-state index in [4.69, 9.17) is 4.74 Å². The number of hydrogen-bond donors (Lipinski definition) is 2. The molecular weight excluding hydrogens is 587 g/mol. The minimum atomic E-state index is -0.960. The molecule has 2 amide bonds. The predicted molar refractivity (Wildman–Crippen MR) is 174 cm³/mol. The molecule has 1 aliphatic rings. The third-order valence-corrected chi connectivity index (χ3v) is 8.01. The number of ether oxygens (including phenoxy) is 1. The summed E-state index contributed by atoms with van der Waals surface area (Å²) < 4.78 is 21.5. The van der Waals surface area contributed by atoms with Crippen LogP contribution in [-0.4, -0.2) is 56.8 Å². The lowest BCUT2D eigenvalue weighted by molar-refractivity contribution is 0.0689. The molecule has 5 rings (SSSR count). The Labute approximate surface area is 268 Å². The maximum atomic E-state index is 13.9. The van der Waals surface area contributed by atoms with Gasteiger partial charge in [0.2, 0.25) is 0 Å². The Balaban J connectivity index is 1.37. The Morgan fingerprint density at radius 1 is 0.957 bits per heavy atom. The van der Waals surface area contributed by atoms with E-state index in [1.807, 2.05) is 46.8 Å². The van der Waals surface area contributed by atoms with Crippen molar-refractivity contribution < 1.29 is 28.6 Å². The average Bonchev–Trinajstić information content (AvgIpc) is 3.48. The molecule has 240 valence electrons. The number of benzene rings is 3. The normalized spacial score (nSPS) is 13.9. The minimum Gasteiger partial charge on any atom is -0.490 e. The van der Waals surface area contributed by atoms with Crippen LogP contribution in [0.2, 0.25) is 0 Å². The molecule has 0 bridgehead atoms. The van der Waals surface area contributed by atoms with Crippen molar-refractivity contribution in [1.82, 2.24) is 14.7 Å². The molecule has 2 heterocycles. The summed E-state index contributed by atoms with van der Waals surface area (Å²) in [5, 5.41) is 16.6. The second kappa shape index (κ2) is 13.2. The monoisotopic (exact) mass is 626 g/mol. The molecule has 1 fully saturated rings. The van der Waals surface area contributed by atoms with Crippen LogP contribution in [0, 0.1) is 5.82 Å². The standard InChI is InChI=1S/C36H39FN4O5/c1-22(2)46-31-15-14-28(39-33(42)30-21-38-41(36(3,4)5)32(30)25-10-12-27(37)13-11-25)20-29(31)34(43)40-18-16-24(17-19-40)23-6-8-26(9-7-23)35(44)45/h6-15,20-22,24H,16-19H2,1-5H3,(H,39,42)(H,44,45). The highest BCUT2D eigenvalue weighted by molar-refractivity contribution is 6.09. The van der Waals surface area contributed by atoms with E-state index in [0.717, 1.165) is 18.4 Å². The summed E-state index contributed by atoms with van der Waals surface area (Å²) in [5.41, 5.74) is 3.14. The molecule has 0 atom stereocenters. The Morgan fingerprint density at radius 3 is 2.20 bits per heavy atom. The molecule has 1 saturated heterocycles. The highest BCUT2D eigenvalue weighted by atomic mass is 19.1. The minimum absolute atomic E-state index is 0.173. The van der Waals surface area contributed by atoms with Crippen molar-refractivity contribution in [3.63, 3.8) is 0 Å². The molecule has 1 aromatic heterocycles. The average molecular weight is 627 g/mol. The summed E-state index contributed by atoms with van der Waals surface area (Å²) in [4.78, 5) is 40.6. The van der Waals surface area contributed by atoms with Crippen molar-refractivity contribution in [3.8, 4) is 17.0 Å². The SMILES string of the molecule is CC(C)Oc1ccc(NC(=O)c2cnn(C(C)(C)C)c2-c2ccc(F)cc2)cc1C(=O)N1CCC(c2ccc(C(=O)O)cc2)CC1. The Kier molecular flexibility index (Phi) is 9.27. The number of rotatable bonds is 8. The number of carboxylic acid groups (broad SMARTS) is 1. The van der Waals surface area contributed by atoms with Crippen molar-refractivity contribution in [3.05, 3.63) is 101 Å². The van der Waals surface area contributed by atoms with Gasteiger partial charge in [-0.3, -0.25) is 14.3 Å². The number of piperidine rings is 1. The Hall–Kier alpha value is -4.99. The maximum Gasteiger partial charge on any atom is 0.335 e. The maximum absolute atomic E-state index is 13.9. The second-order valence-electron chi connectivity index (χ2n) is 12.8. The summed E-state index contributed by atoms with van der Waals surface area (Å²) in [6.07, 6.45) is 2.80. The molecule has 10 heteroatoms. The molecule has 1 aliphatic heterocycles. The van der Waals surface area contributed by atoms with Crippen LogP contribution in [0.3, 0.4) is 0 Å². The second-order valence-corrected chi connectivity index (χ2v) is 12.8. The highest BCUT2D eigenvalue weighted by Gasteiger charge is 2.29. The number of amides is 2. The van der Waals surface area contributed by atoms with Crippen LogP contribution in [0.15, 0.2) is 72.9 Å². The molecule has 2 N–H and O–H groups in total. The number of hydrogen-bond acceptors (Lipinski definition) is 5. The lowest BCUT2D eigenvalue weighted by Crippen LogP contribution is -2.38. The summed E-state index contributed by atoms with van der Waals surface area (Å²) in [5.74, 6) is -1.31. The van der Waals surface area contributed by atoms with Crippen LogP contribution in [0.25, 0.3) is 11.3 Å². The molecule has 9 nitrogen and oxygen atoms in total. The number of carbonyl (C=O) groups is 3. The summed E-state index contributed by atoms with van der Waals surface area (Å²) in [7, 11) is 0. The fourth-order valence-corrected chi connectivity index (χ4v) is 5.72. The van der Waals surface area contributed by atoms with Gasteiger partial charge in [-0.1, -0.05) is 12.1 Å². The third kappa shape index (κ3) is 7.11. The largest absolute Gasteiger partial charge is 0.490 e. The fraction of sp³-hybridized carbons (Fsp3) is 0.333. The lowest BCUT2D eigenvalue weighted by Gasteiger charge is -2.33. The number of nitrogens with zero attached hydrogens (tertiary/aromatic N) is 3. The summed E-state index contributed by atoms with van der Waals surface area (Å²) >= 11 is 0. The van der Waals surface area contributed by atoms with Gasteiger partial charge in [0.25, 0.3) is 11.8 Å². The molecule has 4 aromatic rings. The van der Waals surface area contributed by atoms with Crippen LogP contribution in [0.5, 0.6) is 5.75 Å². The van der Waals surface area contributed by atoms with Gasteiger partial charge in [0.15, 0.2) is 0 Å². The zero-order valence-electron chi connectivity index (χ0n) is 26.7. The first-order valence-corrected chi connectivity index (χ1v) is 15.4. The molecule has 0 aliphatic carbocycles. The number of carboxylic acids is 1. The first-order valence-electron chi connectivity index (χ1n) is 15.4. The number of likely N-dealkylation sites (tertiary alicyclic amines) is 1. The number of halogens is 1. The molecule has 0 saturated carbocycles. The molecule has 0 unspecified atom stereocenters. The van der Waals surface area contributed by atoms with Gasteiger partial charge >= 0.3 is 5.97 Å². The number of carbonyl (C=O) groups excluding carboxylic acids is 2. The van der Waals surface area contributed by atoms with Gasteiger partial charge in [-0.15, -0.1) is 0 Å². The van der Waals surface area contributed by atoms with Gasteiger partial charge in [-0.05, 0) is 114 Å². The van der Waals surface area contributed by atoms with E-state index in [-0.39, 0.29) is 29.3 Å². The van der Waals surface area contributed by atoms with Gasteiger partial charge < -0.3 is 20.1 Å². The van der Waals surface area contributed by atoms with Crippen LogP contribution in [0.4, 0.5) is 10.1 Å². The van der Waals surface area contributed by atoms with Crippen molar-refractivity contribution in [2.24, 2.45) is 0 Å². The first-order chi connectivity index (χ1) is 21.8. The van der Waals surface area contributed by atoms with Crippen molar-refractivity contribution in [2.75, 3.05) is 18.4 Å². The Morgan fingerprint density at radius 2 is 1.61 bits per heavy atom. The van der Waals surface area contributed by atoms with Crippen LogP contribution in [-0.2, 0) is 5.54 Å². The summed E-state index contributed by atoms with van der Waals surface area (Å²) in [6.45, 7) is 10.7. The quantitative estimate of drug-likeness (QED) is 0.214. The summed E-state index contributed by atoms with van der Waals surface area (Å²) in [6, 6.07) is 17.9. The molecule has 46 heavy (non-hydrogen) atoms. The van der Waals surface area contributed by atoms with E-state index in [1.165, 1.54) is 18.3 Å². The zero-order chi connectivity index (χ0) is 33.2. The van der Waals surface area contributed by atoms with Gasteiger partial charge in [-0.2, -0.15) is 5.10 Å². The van der Waals surface area contributed by atoms with Crippen LogP contribution in [0.1, 0.15) is 90.0 Å². The van der Waals surface area contributed by atoms with Crippen molar-refractivity contribution in [1.29, 1.82) is 0 Å². The van der Waals surface area contributed by atoms with Crippen LogP contribution >= 0.6 is 0 Å². The van der Waals surface area contributed by atoms with E-state index in [2.05, 4.69) is 10.4 Å². The van der Waals surface area contributed by atoms with Gasteiger partial charge in [0, 0.05) is 24.3 Å². The smallest absolute Gasteiger partial charge is 0.335 e. The van der Waals surface area contributed by atoms with E-state index in [0.29, 0.717) is 46.9 Å². The van der Waals surface area contributed by atoms with E-state index >= 15 is 0 Å². The molecular formula is C36H39FN4O5. The topological polar surface area (TPSA) is 114 Å². The van der Waals surface area contributed by atoms with E-state index in [9.17, 15) is 23.9 Å². The fourth-order valence-electron chi connectivity index (χ4n) is 5.72. The molecule has 0 radical (unpaired) electrons. The van der Waals surface area contributed by atoms with Crippen LogP contribution < -0.4 is 10.1 Å². The first kappa shape index (κ1) is 32.4. The highest BCUT2D eigenvalue weighted by Crippen LogP contribution is 2.33. The van der Waals surface area contributed by atoms with Crippen molar-refractivity contribution >= 4 is 23.5 Å². The third-order valence-electron chi connectivity index (χ3n) is 8.01. The number of anilines is 1. The molecule has 3 aromatic carbocycles. The van der Waals surface area contributed by atoms with E-state index < -0.39 is 17.4 Å². The lowest BCUT2D eigenvalue weighted by atomic mass is 9.88. The van der Waals surface area contributed by atoms with Crippen molar-refractivity contribution in [2.45, 2.75) is 65.0 Å². The number of aromatic nitrogens is 2. The number of aromatic carboxylic acids is 1. The van der Waals surface area contributed by atoms with Gasteiger partial charge in [0.05, 0.1) is 40.2 Å². The molecule has 0 spiro atoms. The van der Waals surface area contributed by atoms with Gasteiger partial charge in [0.1, 0.15) is 11.6 Å². The zero-order valence-corrected chi connectivity index (χ0v) is 26.7. The predicted octanol–water partition coefficient (Wildman–Crippen LogP) is 7.20. The Bertz CT molecular complexity index is 1730. The number of nitrogens with one attached hydrogen (secondary N) is 1. The van der Waals surface area contributed by atoms with Gasteiger partial charge in [-0.25, -0.2) is 9.18 Å².